The van der Waals surface area contributed by atoms with E-state index in [-0.39, 0.29) is 11.9 Å². The number of carbonyl (C=O) groups excluding carboxylic acids is 1. The van der Waals surface area contributed by atoms with Crippen LogP contribution in [0.25, 0.3) is 10.8 Å². The largest absolute Gasteiger partial charge is 0.477 e. The van der Waals surface area contributed by atoms with Gasteiger partial charge < -0.3 is 19.9 Å². The molecular weight excluding hydrogens is 420 g/mol. The predicted molar refractivity (Wildman–Crippen MR) is 126 cm³/mol. The second-order valence-corrected chi connectivity index (χ2v) is 9.12. The third-order valence-electron chi connectivity index (χ3n) is 6.49. The highest BCUT2D eigenvalue weighted by Gasteiger charge is 2.40. The molecule has 1 unspecified atom stereocenters. The zero-order chi connectivity index (χ0) is 24.0. The fraction of sp³-hybridized carbons (Fsp3) is 0.440. The molecule has 0 spiro atoms. The number of nitrogens with zero attached hydrogens (tertiary/aromatic N) is 3. The SMILES string of the molecule is CCOc1ncc(C(C)(O)CC)c2cc(Nc3ccc4c(n3)[C@@H](C)C(C)(C)OC4=O)ncc12. The number of aliphatic hydroxyl groups is 1. The number of cyclic esters (lactones) is 1. The highest BCUT2D eigenvalue weighted by atomic mass is 16.6. The second-order valence-electron chi connectivity index (χ2n) is 9.12. The fourth-order valence-corrected chi connectivity index (χ4v) is 3.94. The molecule has 33 heavy (non-hydrogen) atoms. The van der Waals surface area contributed by atoms with Crippen molar-refractivity contribution >= 4 is 28.4 Å². The maximum absolute atomic E-state index is 12.4. The Hall–Kier alpha value is -3.26. The first-order chi connectivity index (χ1) is 15.6. The highest BCUT2D eigenvalue weighted by Crippen LogP contribution is 2.38. The molecule has 4 rings (SSSR count). The summed E-state index contributed by atoms with van der Waals surface area (Å²) in [7, 11) is 0. The van der Waals surface area contributed by atoms with Crippen LogP contribution in [0, 0.1) is 0 Å². The molecule has 0 radical (unpaired) electrons. The minimum Gasteiger partial charge on any atom is -0.477 e. The molecule has 8 heteroatoms. The molecule has 1 aliphatic rings. The van der Waals surface area contributed by atoms with E-state index in [1.54, 1.807) is 31.5 Å². The quantitative estimate of drug-likeness (QED) is 0.514. The smallest absolute Gasteiger partial charge is 0.340 e. The van der Waals surface area contributed by atoms with Crippen molar-refractivity contribution in [1.29, 1.82) is 0 Å². The molecule has 0 fully saturated rings. The van der Waals surface area contributed by atoms with Gasteiger partial charge in [-0.05, 0) is 57.7 Å². The zero-order valence-corrected chi connectivity index (χ0v) is 19.9. The Labute approximate surface area is 193 Å². The van der Waals surface area contributed by atoms with E-state index < -0.39 is 11.2 Å². The Morgan fingerprint density at radius 3 is 2.64 bits per heavy atom. The van der Waals surface area contributed by atoms with E-state index in [1.807, 2.05) is 40.7 Å². The molecule has 0 aromatic carbocycles. The lowest BCUT2D eigenvalue weighted by atomic mass is 9.84. The number of nitrogens with one attached hydrogen (secondary N) is 1. The van der Waals surface area contributed by atoms with Gasteiger partial charge in [0.05, 0.1) is 28.9 Å². The summed E-state index contributed by atoms with van der Waals surface area (Å²) in [4.78, 5) is 26.0. The highest BCUT2D eigenvalue weighted by molar-refractivity contribution is 5.93. The van der Waals surface area contributed by atoms with Crippen LogP contribution in [0.1, 0.15) is 75.5 Å². The van der Waals surface area contributed by atoms with Crippen LogP contribution in [0.4, 0.5) is 11.6 Å². The summed E-state index contributed by atoms with van der Waals surface area (Å²) >= 11 is 0. The lowest BCUT2D eigenvalue weighted by Gasteiger charge is -2.36. The standard InChI is InChI=1S/C25H30N4O4/c1-7-25(6,31)18-13-27-22(32-8-2)17-12-26-20(11-16(17)18)28-19-10-9-15-21(29-19)14(3)24(4,5)33-23(15)30/h9-14,31H,7-8H2,1-6H3,(H,26,28,29)/t14-,25?/m1/s1. The normalized spacial score (nSPS) is 18.9. The van der Waals surface area contributed by atoms with Crippen molar-refractivity contribution in [3.05, 3.63) is 47.4 Å². The number of fused-ring (bicyclic) bond motifs is 2. The number of ether oxygens (including phenoxy) is 2. The third-order valence-corrected chi connectivity index (χ3v) is 6.49. The molecule has 0 saturated heterocycles. The molecule has 2 N–H and O–H groups in total. The van der Waals surface area contributed by atoms with Gasteiger partial charge in [0.1, 0.15) is 17.2 Å². The second kappa shape index (κ2) is 8.26. The van der Waals surface area contributed by atoms with E-state index in [9.17, 15) is 9.90 Å². The first kappa shape index (κ1) is 22.9. The number of pyridine rings is 3. The maximum Gasteiger partial charge on any atom is 0.340 e. The topological polar surface area (TPSA) is 106 Å². The average Bonchev–Trinajstić information content (AvgIpc) is 2.77. The maximum atomic E-state index is 12.4. The lowest BCUT2D eigenvalue weighted by Crippen LogP contribution is -2.39. The van der Waals surface area contributed by atoms with Crippen molar-refractivity contribution in [2.24, 2.45) is 0 Å². The molecule has 8 nitrogen and oxygen atoms in total. The number of rotatable bonds is 6. The van der Waals surface area contributed by atoms with Gasteiger partial charge in [0.15, 0.2) is 0 Å². The first-order valence-corrected chi connectivity index (χ1v) is 11.2. The summed E-state index contributed by atoms with van der Waals surface area (Å²) in [5, 5.41) is 15.7. The van der Waals surface area contributed by atoms with Crippen LogP contribution in [0.15, 0.2) is 30.6 Å². The van der Waals surface area contributed by atoms with Gasteiger partial charge in [-0.3, -0.25) is 0 Å². The Bertz CT molecular complexity index is 1220. The number of esters is 1. The fourth-order valence-electron chi connectivity index (χ4n) is 3.94. The van der Waals surface area contributed by atoms with Gasteiger partial charge in [0.25, 0.3) is 0 Å². The molecular formula is C25H30N4O4. The van der Waals surface area contributed by atoms with Crippen LogP contribution in [0.5, 0.6) is 5.88 Å². The molecule has 3 aromatic heterocycles. The summed E-state index contributed by atoms with van der Waals surface area (Å²) in [6.45, 7) is 11.8. The van der Waals surface area contributed by atoms with E-state index in [1.165, 1.54) is 0 Å². The van der Waals surface area contributed by atoms with Gasteiger partial charge in [-0.1, -0.05) is 13.8 Å². The Morgan fingerprint density at radius 1 is 1.18 bits per heavy atom. The van der Waals surface area contributed by atoms with Crippen molar-refractivity contribution in [1.82, 2.24) is 15.0 Å². The molecule has 1 aliphatic heterocycles. The van der Waals surface area contributed by atoms with Gasteiger partial charge in [0.2, 0.25) is 5.88 Å². The first-order valence-electron chi connectivity index (χ1n) is 11.2. The molecule has 0 saturated carbocycles. The number of carbonyl (C=O) groups is 1. The molecule has 3 aromatic rings. The summed E-state index contributed by atoms with van der Waals surface area (Å²) in [6, 6.07) is 5.32. The van der Waals surface area contributed by atoms with Crippen molar-refractivity contribution < 1.29 is 19.4 Å². The van der Waals surface area contributed by atoms with Crippen molar-refractivity contribution in [2.75, 3.05) is 11.9 Å². The Morgan fingerprint density at radius 2 is 1.94 bits per heavy atom. The number of hydrogen-bond acceptors (Lipinski definition) is 8. The third kappa shape index (κ3) is 4.11. The molecule has 0 bridgehead atoms. The lowest BCUT2D eigenvalue weighted by molar-refractivity contribution is -0.0189. The number of hydrogen-bond donors (Lipinski definition) is 2. The van der Waals surface area contributed by atoms with E-state index in [0.29, 0.717) is 47.4 Å². The van der Waals surface area contributed by atoms with Crippen LogP contribution in [-0.2, 0) is 10.3 Å². The summed E-state index contributed by atoms with van der Waals surface area (Å²) in [6.07, 6.45) is 3.87. The van der Waals surface area contributed by atoms with E-state index in [2.05, 4.69) is 15.3 Å². The zero-order valence-electron chi connectivity index (χ0n) is 19.9. The Kier molecular flexibility index (Phi) is 5.74. The monoisotopic (exact) mass is 450 g/mol. The van der Waals surface area contributed by atoms with Crippen LogP contribution in [-0.4, -0.2) is 38.2 Å². The van der Waals surface area contributed by atoms with E-state index in [4.69, 9.17) is 14.5 Å². The molecule has 0 amide bonds. The van der Waals surface area contributed by atoms with Crippen LogP contribution in [0.3, 0.4) is 0 Å². The van der Waals surface area contributed by atoms with Crippen LogP contribution < -0.4 is 10.1 Å². The van der Waals surface area contributed by atoms with E-state index in [0.717, 1.165) is 10.8 Å². The molecule has 0 aliphatic carbocycles. The minimum atomic E-state index is -1.06. The number of anilines is 2. The number of aromatic nitrogens is 3. The molecule has 4 heterocycles. The average molecular weight is 451 g/mol. The van der Waals surface area contributed by atoms with Gasteiger partial charge in [-0.15, -0.1) is 0 Å². The molecule has 174 valence electrons. The van der Waals surface area contributed by atoms with Gasteiger partial charge in [0, 0.05) is 23.9 Å². The van der Waals surface area contributed by atoms with Crippen molar-refractivity contribution in [3.8, 4) is 5.88 Å². The van der Waals surface area contributed by atoms with E-state index >= 15 is 0 Å². The van der Waals surface area contributed by atoms with Crippen LogP contribution >= 0.6 is 0 Å². The summed E-state index contributed by atoms with van der Waals surface area (Å²) in [5.74, 6) is 1.17. The van der Waals surface area contributed by atoms with Gasteiger partial charge >= 0.3 is 5.97 Å². The Balaban J connectivity index is 1.77. The van der Waals surface area contributed by atoms with Crippen molar-refractivity contribution in [3.63, 3.8) is 0 Å². The predicted octanol–water partition coefficient (Wildman–Crippen LogP) is 4.84. The summed E-state index contributed by atoms with van der Waals surface area (Å²) in [5.41, 5.74) is 0.178. The molecule has 2 atom stereocenters. The summed E-state index contributed by atoms with van der Waals surface area (Å²) < 4.78 is 11.2. The van der Waals surface area contributed by atoms with Gasteiger partial charge in [-0.25, -0.2) is 19.7 Å². The minimum absolute atomic E-state index is 0.0670. The van der Waals surface area contributed by atoms with Crippen molar-refractivity contribution in [2.45, 2.75) is 65.1 Å². The van der Waals surface area contributed by atoms with Crippen LogP contribution in [0.2, 0.25) is 0 Å². The van der Waals surface area contributed by atoms with Gasteiger partial charge in [-0.2, -0.15) is 0 Å².